The highest BCUT2D eigenvalue weighted by Crippen LogP contribution is 2.41. The molecule has 2 unspecified atom stereocenters. The van der Waals surface area contributed by atoms with Gasteiger partial charge in [-0.2, -0.15) is 0 Å². The molecule has 1 saturated heterocycles. The van der Waals surface area contributed by atoms with E-state index in [1.54, 1.807) is 0 Å². The summed E-state index contributed by atoms with van der Waals surface area (Å²) in [5.41, 5.74) is 8.71. The Hall–Kier alpha value is -0.340. The van der Waals surface area contributed by atoms with Gasteiger partial charge in [-0.05, 0) is 74.4 Å². The molecular weight excluding hydrogens is 288 g/mol. The topological polar surface area (TPSA) is 9.23 Å². The molecule has 18 heavy (non-hydrogen) atoms. The summed E-state index contributed by atoms with van der Waals surface area (Å²) in [4.78, 5) is 0.429. The Bertz CT molecular complexity index is 430. The van der Waals surface area contributed by atoms with Crippen LogP contribution in [0, 0.1) is 40.5 Å². The number of halogens is 1. The maximum atomic E-state index is 5.53. The van der Waals surface area contributed by atoms with Gasteiger partial charge >= 0.3 is 0 Å². The van der Waals surface area contributed by atoms with Crippen LogP contribution < -0.4 is 0 Å². The summed E-state index contributed by atoms with van der Waals surface area (Å²) < 4.78 is 5.53. The lowest BCUT2D eigenvalue weighted by atomic mass is 9.85. The van der Waals surface area contributed by atoms with Gasteiger partial charge in [-0.1, -0.05) is 15.9 Å². The fourth-order valence-corrected chi connectivity index (χ4v) is 4.07. The average Bonchev–Trinajstić information content (AvgIpc) is 2.88. The van der Waals surface area contributed by atoms with Gasteiger partial charge in [-0.15, -0.1) is 0 Å². The highest BCUT2D eigenvalue weighted by molar-refractivity contribution is 9.09. The van der Waals surface area contributed by atoms with E-state index in [2.05, 4.69) is 50.5 Å². The van der Waals surface area contributed by atoms with Crippen molar-refractivity contribution in [2.45, 2.75) is 45.9 Å². The van der Waals surface area contributed by atoms with Gasteiger partial charge in [-0.3, -0.25) is 0 Å². The number of alkyl halides is 1. The van der Waals surface area contributed by atoms with Crippen molar-refractivity contribution >= 4 is 15.9 Å². The predicted octanol–water partition coefficient (Wildman–Crippen LogP) is 4.70. The van der Waals surface area contributed by atoms with Crippen molar-refractivity contribution in [2.24, 2.45) is 5.92 Å². The normalized spacial score (nSPS) is 21.3. The number of hydrogen-bond acceptors (Lipinski definition) is 1. The van der Waals surface area contributed by atoms with Crippen LogP contribution in [0.5, 0.6) is 0 Å². The Balaban J connectivity index is 2.49. The largest absolute Gasteiger partial charge is 0.381 e. The zero-order valence-corrected chi connectivity index (χ0v) is 13.6. The maximum absolute atomic E-state index is 5.53. The van der Waals surface area contributed by atoms with Crippen molar-refractivity contribution in [1.82, 2.24) is 0 Å². The van der Waals surface area contributed by atoms with Crippen LogP contribution in [0.25, 0.3) is 0 Å². The van der Waals surface area contributed by atoms with Crippen LogP contribution in [0.4, 0.5) is 0 Å². The summed E-state index contributed by atoms with van der Waals surface area (Å²) in [5, 5.41) is 0. The summed E-state index contributed by atoms with van der Waals surface area (Å²) in [6.07, 6.45) is 1.17. The van der Waals surface area contributed by atoms with E-state index in [-0.39, 0.29) is 0 Å². The summed E-state index contributed by atoms with van der Waals surface area (Å²) in [6.45, 7) is 13.0. The number of ether oxygens (including phenoxy) is 1. The van der Waals surface area contributed by atoms with Gasteiger partial charge in [0, 0.05) is 17.4 Å². The van der Waals surface area contributed by atoms with Crippen LogP contribution in [-0.2, 0) is 4.74 Å². The van der Waals surface area contributed by atoms with Gasteiger partial charge in [0.1, 0.15) is 0 Å². The number of benzene rings is 1. The minimum absolute atomic E-state index is 0.429. The molecule has 1 aromatic carbocycles. The monoisotopic (exact) mass is 310 g/mol. The molecule has 1 nitrogen and oxygen atoms in total. The quantitative estimate of drug-likeness (QED) is 0.719. The first-order valence-corrected chi connectivity index (χ1v) is 7.65. The molecule has 0 saturated carbocycles. The van der Waals surface area contributed by atoms with Gasteiger partial charge in [0.25, 0.3) is 0 Å². The summed E-state index contributed by atoms with van der Waals surface area (Å²) in [5.74, 6) is 0.615. The third kappa shape index (κ3) is 2.25. The van der Waals surface area contributed by atoms with E-state index < -0.39 is 0 Å². The van der Waals surface area contributed by atoms with Crippen molar-refractivity contribution < 1.29 is 4.74 Å². The highest BCUT2D eigenvalue weighted by atomic mass is 79.9. The summed E-state index contributed by atoms with van der Waals surface area (Å²) in [7, 11) is 0. The van der Waals surface area contributed by atoms with Gasteiger partial charge in [0.05, 0.1) is 6.61 Å². The molecule has 100 valence electrons. The van der Waals surface area contributed by atoms with Crippen LogP contribution in [0.2, 0.25) is 0 Å². The van der Waals surface area contributed by atoms with Gasteiger partial charge in [0.15, 0.2) is 0 Å². The molecule has 1 aliphatic rings. The van der Waals surface area contributed by atoms with E-state index in [4.69, 9.17) is 4.74 Å². The zero-order chi connectivity index (χ0) is 13.4. The second kappa shape index (κ2) is 5.34. The predicted molar refractivity (Wildman–Crippen MR) is 80.7 cm³/mol. The van der Waals surface area contributed by atoms with Crippen LogP contribution in [0.1, 0.15) is 44.6 Å². The van der Waals surface area contributed by atoms with Crippen molar-refractivity contribution in [3.05, 3.63) is 33.4 Å². The Morgan fingerprint density at radius 3 is 1.89 bits per heavy atom. The first kappa shape index (κ1) is 14.1. The molecule has 0 N–H and O–H groups in total. The molecular formula is C16H23BrO. The third-order valence-electron chi connectivity index (χ3n) is 4.71. The molecule has 1 fully saturated rings. The lowest BCUT2D eigenvalue weighted by Crippen LogP contribution is -2.12. The smallest absolute Gasteiger partial charge is 0.0509 e. The molecule has 0 spiro atoms. The van der Waals surface area contributed by atoms with Crippen molar-refractivity contribution in [2.75, 3.05) is 13.2 Å². The Kier molecular flexibility index (Phi) is 4.18. The molecule has 2 rings (SSSR count). The standard InChI is InChI=1S/C16H23BrO/c1-9-10(2)12(4)15(13(5)11(9)3)16(17)14-6-7-18-8-14/h14,16H,6-8H2,1-5H3. The molecule has 0 aliphatic carbocycles. The molecule has 0 radical (unpaired) electrons. The fraction of sp³-hybridized carbons (Fsp3) is 0.625. The second-order valence-electron chi connectivity index (χ2n) is 5.56. The Morgan fingerprint density at radius 1 is 0.944 bits per heavy atom. The van der Waals surface area contributed by atoms with Crippen LogP contribution in [0.3, 0.4) is 0 Å². The summed E-state index contributed by atoms with van der Waals surface area (Å²) in [6, 6.07) is 0. The van der Waals surface area contributed by atoms with Gasteiger partial charge in [-0.25, -0.2) is 0 Å². The first-order chi connectivity index (χ1) is 8.45. The minimum Gasteiger partial charge on any atom is -0.381 e. The molecule has 0 bridgehead atoms. The van der Waals surface area contributed by atoms with Crippen molar-refractivity contribution in [3.63, 3.8) is 0 Å². The van der Waals surface area contributed by atoms with E-state index in [1.807, 2.05) is 0 Å². The van der Waals surface area contributed by atoms with Gasteiger partial charge < -0.3 is 4.74 Å². The van der Waals surface area contributed by atoms with Crippen LogP contribution in [-0.4, -0.2) is 13.2 Å². The Labute approximate surface area is 119 Å². The van der Waals surface area contributed by atoms with E-state index >= 15 is 0 Å². The maximum Gasteiger partial charge on any atom is 0.0509 e. The molecule has 2 atom stereocenters. The molecule has 0 amide bonds. The molecule has 1 aromatic rings. The van der Waals surface area contributed by atoms with E-state index in [9.17, 15) is 0 Å². The SMILES string of the molecule is Cc1c(C)c(C)c(C(Br)C2CCOC2)c(C)c1C. The van der Waals surface area contributed by atoms with Gasteiger partial charge in [0.2, 0.25) is 0 Å². The number of rotatable bonds is 2. The van der Waals surface area contributed by atoms with Crippen molar-refractivity contribution in [1.29, 1.82) is 0 Å². The lowest BCUT2D eigenvalue weighted by Gasteiger charge is -2.25. The van der Waals surface area contributed by atoms with Crippen LogP contribution >= 0.6 is 15.9 Å². The molecule has 1 heterocycles. The fourth-order valence-electron chi connectivity index (χ4n) is 2.96. The average molecular weight is 311 g/mol. The lowest BCUT2D eigenvalue weighted by molar-refractivity contribution is 0.185. The van der Waals surface area contributed by atoms with Crippen LogP contribution in [0.15, 0.2) is 0 Å². The van der Waals surface area contributed by atoms with E-state index in [0.717, 1.165) is 13.2 Å². The number of hydrogen-bond donors (Lipinski definition) is 0. The highest BCUT2D eigenvalue weighted by Gasteiger charge is 2.28. The molecule has 1 aliphatic heterocycles. The molecule has 0 aromatic heterocycles. The zero-order valence-electron chi connectivity index (χ0n) is 12.1. The second-order valence-corrected chi connectivity index (χ2v) is 6.55. The van der Waals surface area contributed by atoms with Crippen molar-refractivity contribution in [3.8, 4) is 0 Å². The Morgan fingerprint density at radius 2 is 1.44 bits per heavy atom. The van der Waals surface area contributed by atoms with E-state index in [0.29, 0.717) is 10.7 Å². The minimum atomic E-state index is 0.429. The summed E-state index contributed by atoms with van der Waals surface area (Å²) >= 11 is 3.93. The first-order valence-electron chi connectivity index (χ1n) is 6.73. The third-order valence-corrected chi connectivity index (χ3v) is 5.92. The van der Waals surface area contributed by atoms with E-state index in [1.165, 1.54) is 39.8 Å². The molecule has 2 heteroatoms.